The van der Waals surface area contributed by atoms with Gasteiger partial charge in [0.1, 0.15) is 5.82 Å². The molecule has 0 radical (unpaired) electrons. The number of methoxy groups -OCH3 is 1. The smallest absolute Gasteiger partial charge is 0.146 e. The average Bonchev–Trinajstić information content (AvgIpc) is 2.45. The van der Waals surface area contributed by atoms with Crippen LogP contribution in [-0.4, -0.2) is 44.9 Å². The lowest BCUT2D eigenvalue weighted by Crippen LogP contribution is -2.34. The minimum absolute atomic E-state index is 0.113. The molecule has 1 fully saturated rings. The number of para-hydroxylation sites is 1. The van der Waals surface area contributed by atoms with Gasteiger partial charge in [-0.05, 0) is 11.6 Å². The number of hydrogen-bond donors (Lipinski definition) is 1. The second kappa shape index (κ2) is 7.72. The maximum absolute atomic E-state index is 14.1. The molecule has 0 amide bonds. The number of rotatable bonds is 6. The van der Waals surface area contributed by atoms with E-state index in [0.717, 1.165) is 42.4 Å². The molecule has 1 aliphatic rings. The molecule has 0 atom stereocenters. The molecule has 1 aliphatic heterocycles. The van der Waals surface area contributed by atoms with Crippen molar-refractivity contribution in [2.24, 2.45) is 0 Å². The molecule has 0 spiro atoms. The zero-order chi connectivity index (χ0) is 13.5. The molecule has 2 rings (SSSR count). The molecule has 0 aromatic heterocycles. The number of nitrogens with zero attached hydrogens (tertiary/aromatic N) is 1. The lowest BCUT2D eigenvalue weighted by Gasteiger charge is -2.30. The Morgan fingerprint density at radius 1 is 1.37 bits per heavy atom. The van der Waals surface area contributed by atoms with Gasteiger partial charge in [-0.25, -0.2) is 4.39 Å². The van der Waals surface area contributed by atoms with Crippen LogP contribution in [0, 0.1) is 5.82 Å². The van der Waals surface area contributed by atoms with Gasteiger partial charge in [0, 0.05) is 44.8 Å². The van der Waals surface area contributed by atoms with Crippen molar-refractivity contribution < 1.29 is 9.13 Å². The SMILES string of the molecule is COCCNCc1cccc(F)c1N1CCSCC1. The maximum atomic E-state index is 14.1. The highest BCUT2D eigenvalue weighted by Crippen LogP contribution is 2.27. The van der Waals surface area contributed by atoms with Gasteiger partial charge >= 0.3 is 0 Å². The molecule has 106 valence electrons. The topological polar surface area (TPSA) is 24.5 Å². The van der Waals surface area contributed by atoms with Crippen molar-refractivity contribution in [2.45, 2.75) is 6.54 Å². The van der Waals surface area contributed by atoms with Gasteiger partial charge in [-0.2, -0.15) is 11.8 Å². The van der Waals surface area contributed by atoms with Crippen LogP contribution in [0.25, 0.3) is 0 Å². The van der Waals surface area contributed by atoms with Crippen molar-refractivity contribution in [1.82, 2.24) is 5.32 Å². The Labute approximate surface area is 118 Å². The standard InChI is InChI=1S/C14H21FN2OS/c1-18-8-5-16-11-12-3-2-4-13(15)14(12)17-6-9-19-10-7-17/h2-4,16H,5-11H2,1H3. The molecule has 1 heterocycles. The normalized spacial score (nSPS) is 15.8. The van der Waals surface area contributed by atoms with Gasteiger partial charge in [0.25, 0.3) is 0 Å². The van der Waals surface area contributed by atoms with E-state index in [-0.39, 0.29) is 5.82 Å². The van der Waals surface area contributed by atoms with Gasteiger partial charge in [0.05, 0.1) is 12.3 Å². The van der Waals surface area contributed by atoms with E-state index in [1.165, 1.54) is 0 Å². The second-order valence-electron chi connectivity index (χ2n) is 4.52. The largest absolute Gasteiger partial charge is 0.383 e. The van der Waals surface area contributed by atoms with Crippen molar-refractivity contribution in [3.05, 3.63) is 29.6 Å². The van der Waals surface area contributed by atoms with Crippen molar-refractivity contribution >= 4 is 17.4 Å². The van der Waals surface area contributed by atoms with Gasteiger partial charge in [-0.3, -0.25) is 0 Å². The first kappa shape index (κ1) is 14.6. The van der Waals surface area contributed by atoms with Crippen LogP contribution in [0.2, 0.25) is 0 Å². The summed E-state index contributed by atoms with van der Waals surface area (Å²) in [6, 6.07) is 5.33. The van der Waals surface area contributed by atoms with Crippen LogP contribution in [-0.2, 0) is 11.3 Å². The summed E-state index contributed by atoms with van der Waals surface area (Å²) in [6.07, 6.45) is 0. The first-order valence-corrected chi connectivity index (χ1v) is 7.78. The molecule has 1 aromatic rings. The van der Waals surface area contributed by atoms with Gasteiger partial charge in [-0.1, -0.05) is 12.1 Å². The van der Waals surface area contributed by atoms with E-state index in [4.69, 9.17) is 4.74 Å². The van der Waals surface area contributed by atoms with Gasteiger partial charge < -0.3 is 15.0 Å². The first-order valence-electron chi connectivity index (χ1n) is 6.62. The summed E-state index contributed by atoms with van der Waals surface area (Å²) >= 11 is 1.93. The molecule has 0 bridgehead atoms. The van der Waals surface area contributed by atoms with Crippen molar-refractivity contribution in [2.75, 3.05) is 49.8 Å². The van der Waals surface area contributed by atoms with E-state index in [9.17, 15) is 4.39 Å². The van der Waals surface area contributed by atoms with Gasteiger partial charge in [0.2, 0.25) is 0 Å². The number of nitrogens with one attached hydrogen (secondary N) is 1. The van der Waals surface area contributed by atoms with Crippen LogP contribution in [0.4, 0.5) is 10.1 Å². The van der Waals surface area contributed by atoms with E-state index < -0.39 is 0 Å². The highest BCUT2D eigenvalue weighted by Gasteiger charge is 2.18. The Morgan fingerprint density at radius 3 is 2.89 bits per heavy atom. The van der Waals surface area contributed by atoms with Crippen molar-refractivity contribution in [1.29, 1.82) is 0 Å². The number of hydrogen-bond acceptors (Lipinski definition) is 4. The van der Waals surface area contributed by atoms with E-state index in [2.05, 4.69) is 10.2 Å². The molecule has 1 N–H and O–H groups in total. The summed E-state index contributed by atoms with van der Waals surface area (Å²) in [7, 11) is 1.68. The van der Waals surface area contributed by atoms with Gasteiger partial charge in [-0.15, -0.1) is 0 Å². The molecule has 3 nitrogen and oxygen atoms in total. The number of thioether (sulfide) groups is 1. The van der Waals surface area contributed by atoms with Crippen molar-refractivity contribution in [3.63, 3.8) is 0 Å². The van der Waals surface area contributed by atoms with Gasteiger partial charge in [0.15, 0.2) is 0 Å². The zero-order valence-corrected chi connectivity index (χ0v) is 12.1. The van der Waals surface area contributed by atoms with Crippen LogP contribution in [0.5, 0.6) is 0 Å². The molecule has 0 saturated carbocycles. The predicted octanol–water partition coefficient (Wildman–Crippen LogP) is 2.11. The minimum Gasteiger partial charge on any atom is -0.383 e. The van der Waals surface area contributed by atoms with Crippen LogP contribution in [0.3, 0.4) is 0 Å². The lowest BCUT2D eigenvalue weighted by atomic mass is 10.1. The zero-order valence-electron chi connectivity index (χ0n) is 11.3. The van der Waals surface area contributed by atoms with E-state index in [1.807, 2.05) is 17.8 Å². The Balaban J connectivity index is 2.06. The molecule has 5 heteroatoms. The first-order chi connectivity index (χ1) is 9.33. The number of halogens is 1. The summed E-state index contributed by atoms with van der Waals surface area (Å²) < 4.78 is 19.1. The van der Waals surface area contributed by atoms with Crippen LogP contribution in [0.15, 0.2) is 18.2 Å². The second-order valence-corrected chi connectivity index (χ2v) is 5.74. The Kier molecular flexibility index (Phi) is 5.94. The summed E-state index contributed by atoms with van der Waals surface area (Å²) in [5.41, 5.74) is 1.80. The molecular formula is C14H21FN2OS. The highest BCUT2D eigenvalue weighted by atomic mass is 32.2. The summed E-state index contributed by atoms with van der Waals surface area (Å²) in [5.74, 6) is 2.04. The van der Waals surface area contributed by atoms with E-state index in [1.54, 1.807) is 19.2 Å². The molecular weight excluding hydrogens is 263 g/mol. The van der Waals surface area contributed by atoms with E-state index in [0.29, 0.717) is 13.2 Å². The fourth-order valence-electron chi connectivity index (χ4n) is 2.24. The third-order valence-corrected chi connectivity index (χ3v) is 4.14. The van der Waals surface area contributed by atoms with Crippen LogP contribution in [0.1, 0.15) is 5.56 Å². The molecule has 0 unspecified atom stereocenters. The van der Waals surface area contributed by atoms with Crippen LogP contribution >= 0.6 is 11.8 Å². The third kappa shape index (κ3) is 4.09. The number of benzene rings is 1. The van der Waals surface area contributed by atoms with Crippen molar-refractivity contribution in [3.8, 4) is 0 Å². The molecule has 1 aromatic carbocycles. The average molecular weight is 284 g/mol. The highest BCUT2D eigenvalue weighted by molar-refractivity contribution is 7.99. The van der Waals surface area contributed by atoms with Crippen LogP contribution < -0.4 is 10.2 Å². The Hall–Kier alpha value is -0.780. The maximum Gasteiger partial charge on any atom is 0.146 e. The molecule has 1 saturated heterocycles. The molecule has 0 aliphatic carbocycles. The number of ether oxygens (including phenoxy) is 1. The summed E-state index contributed by atoms with van der Waals surface area (Å²) in [4.78, 5) is 2.17. The predicted molar refractivity (Wildman–Crippen MR) is 79.5 cm³/mol. The Morgan fingerprint density at radius 2 is 2.16 bits per heavy atom. The monoisotopic (exact) mass is 284 g/mol. The number of anilines is 1. The fraction of sp³-hybridized carbons (Fsp3) is 0.571. The summed E-state index contributed by atoms with van der Waals surface area (Å²) in [6.45, 7) is 3.99. The Bertz CT molecular complexity index is 397. The minimum atomic E-state index is -0.113. The fourth-order valence-corrected chi connectivity index (χ4v) is 3.14. The summed E-state index contributed by atoms with van der Waals surface area (Å²) in [5, 5.41) is 3.29. The third-order valence-electron chi connectivity index (χ3n) is 3.20. The quantitative estimate of drug-likeness (QED) is 0.809. The van der Waals surface area contributed by atoms with E-state index >= 15 is 0 Å². The molecule has 19 heavy (non-hydrogen) atoms. The lowest BCUT2D eigenvalue weighted by molar-refractivity contribution is 0.199.